The first kappa shape index (κ1) is 22.5. The van der Waals surface area contributed by atoms with Gasteiger partial charge < -0.3 is 20.1 Å². The maximum Gasteiger partial charge on any atom is 0.255 e. The van der Waals surface area contributed by atoms with Gasteiger partial charge in [0.2, 0.25) is 0 Å². The van der Waals surface area contributed by atoms with Gasteiger partial charge in [-0.1, -0.05) is 30.3 Å². The van der Waals surface area contributed by atoms with E-state index in [1.807, 2.05) is 73.6 Å². The predicted octanol–water partition coefficient (Wildman–Crippen LogP) is 2.98. The molecule has 31 heavy (non-hydrogen) atoms. The molecular weight excluding hydrogens is 392 g/mol. The minimum atomic E-state index is -1.01. The molecule has 0 saturated carbocycles. The fraction of sp³-hybridized carbons (Fsp3) is 0.333. The van der Waals surface area contributed by atoms with Gasteiger partial charge in [-0.05, 0) is 51.7 Å². The second-order valence-electron chi connectivity index (χ2n) is 8.10. The van der Waals surface area contributed by atoms with Crippen LogP contribution in [-0.4, -0.2) is 65.6 Å². The molecule has 1 atom stereocenters. The van der Waals surface area contributed by atoms with E-state index in [2.05, 4.69) is 5.32 Å². The highest BCUT2D eigenvalue weighted by Crippen LogP contribution is 2.31. The van der Waals surface area contributed by atoms with Crippen molar-refractivity contribution in [3.8, 4) is 22.7 Å². The Bertz CT molecular complexity index is 1010. The number of para-hydroxylation sites is 2. The zero-order valence-corrected chi connectivity index (χ0v) is 18.5. The van der Waals surface area contributed by atoms with E-state index < -0.39 is 5.60 Å². The van der Waals surface area contributed by atoms with Crippen molar-refractivity contribution >= 4 is 5.91 Å². The molecule has 2 N–H and O–H groups in total. The summed E-state index contributed by atoms with van der Waals surface area (Å²) in [5.74, 6) is 0.334. The van der Waals surface area contributed by atoms with Crippen molar-refractivity contribution in [1.29, 1.82) is 0 Å². The molecule has 0 spiro atoms. The van der Waals surface area contributed by atoms with Gasteiger partial charge in [0.05, 0.1) is 24.0 Å². The summed E-state index contributed by atoms with van der Waals surface area (Å²) in [5.41, 5.74) is 1.49. The van der Waals surface area contributed by atoms with Crippen LogP contribution in [-0.2, 0) is 0 Å². The molecule has 0 bridgehead atoms. The van der Waals surface area contributed by atoms with Gasteiger partial charge in [-0.15, -0.1) is 0 Å². The molecule has 0 saturated heterocycles. The second kappa shape index (κ2) is 9.76. The summed E-state index contributed by atoms with van der Waals surface area (Å²) < 4.78 is 7.17. The number of amides is 1. The average Bonchev–Trinajstić information content (AvgIpc) is 3.22. The third-order valence-electron chi connectivity index (χ3n) is 5.07. The summed E-state index contributed by atoms with van der Waals surface area (Å²) in [7, 11) is 5.49. The van der Waals surface area contributed by atoms with Crippen LogP contribution in [0, 0.1) is 0 Å². The SMILES string of the molecule is COc1ccccc1-c1nn(-c2ccccc2)cc1C(=O)NCC(C)(O)CCN(C)C. The van der Waals surface area contributed by atoms with Crippen molar-refractivity contribution < 1.29 is 14.6 Å². The number of aliphatic hydroxyl groups is 1. The molecule has 1 amide bonds. The fourth-order valence-electron chi connectivity index (χ4n) is 3.21. The van der Waals surface area contributed by atoms with E-state index in [0.717, 1.165) is 17.8 Å². The summed E-state index contributed by atoms with van der Waals surface area (Å²) in [5, 5.41) is 18.2. The summed E-state index contributed by atoms with van der Waals surface area (Å²) in [6, 6.07) is 17.1. The third-order valence-corrected chi connectivity index (χ3v) is 5.07. The lowest BCUT2D eigenvalue weighted by molar-refractivity contribution is 0.0417. The third kappa shape index (κ3) is 5.71. The summed E-state index contributed by atoms with van der Waals surface area (Å²) in [4.78, 5) is 15.1. The molecule has 3 rings (SSSR count). The van der Waals surface area contributed by atoms with Crippen LogP contribution in [0.3, 0.4) is 0 Å². The van der Waals surface area contributed by atoms with Crippen LogP contribution in [0.15, 0.2) is 60.8 Å². The van der Waals surface area contributed by atoms with Crippen LogP contribution >= 0.6 is 0 Å². The maximum atomic E-state index is 13.1. The number of ether oxygens (including phenoxy) is 1. The molecule has 0 aliphatic carbocycles. The Hall–Kier alpha value is -3.16. The van der Waals surface area contributed by atoms with Gasteiger partial charge in [-0.3, -0.25) is 4.79 Å². The first-order valence-electron chi connectivity index (χ1n) is 10.2. The minimum absolute atomic E-state index is 0.140. The fourth-order valence-corrected chi connectivity index (χ4v) is 3.21. The highest BCUT2D eigenvalue weighted by Gasteiger charge is 2.25. The van der Waals surface area contributed by atoms with Gasteiger partial charge in [-0.25, -0.2) is 4.68 Å². The van der Waals surface area contributed by atoms with Gasteiger partial charge in [-0.2, -0.15) is 5.10 Å². The molecule has 164 valence electrons. The number of nitrogens with zero attached hydrogens (tertiary/aromatic N) is 3. The highest BCUT2D eigenvalue weighted by atomic mass is 16.5. The van der Waals surface area contributed by atoms with Crippen LogP contribution in [0.25, 0.3) is 16.9 Å². The Labute approximate surface area is 183 Å². The molecule has 7 nitrogen and oxygen atoms in total. The number of nitrogens with one attached hydrogen (secondary N) is 1. The van der Waals surface area contributed by atoms with Gasteiger partial charge in [0.25, 0.3) is 5.91 Å². The maximum absolute atomic E-state index is 13.1. The van der Waals surface area contributed by atoms with Crippen molar-refractivity contribution in [2.24, 2.45) is 0 Å². The van der Waals surface area contributed by atoms with Gasteiger partial charge in [0.1, 0.15) is 11.4 Å². The molecule has 2 aromatic carbocycles. The van der Waals surface area contributed by atoms with Crippen molar-refractivity contribution in [3.05, 3.63) is 66.4 Å². The minimum Gasteiger partial charge on any atom is -0.496 e. The van der Waals surface area contributed by atoms with Gasteiger partial charge >= 0.3 is 0 Å². The Kier molecular flexibility index (Phi) is 7.09. The molecule has 1 heterocycles. The zero-order valence-electron chi connectivity index (χ0n) is 18.5. The van der Waals surface area contributed by atoms with Crippen LogP contribution in [0.1, 0.15) is 23.7 Å². The van der Waals surface area contributed by atoms with Crippen LogP contribution in [0.2, 0.25) is 0 Å². The van der Waals surface area contributed by atoms with E-state index in [4.69, 9.17) is 9.84 Å². The number of carbonyl (C=O) groups excluding carboxylic acids is 1. The first-order chi connectivity index (χ1) is 14.8. The summed E-state index contributed by atoms with van der Waals surface area (Å²) in [6.45, 7) is 2.59. The molecule has 0 aliphatic rings. The predicted molar refractivity (Wildman–Crippen MR) is 122 cm³/mol. The summed E-state index contributed by atoms with van der Waals surface area (Å²) in [6.07, 6.45) is 2.25. The molecular formula is C24H30N4O3. The van der Waals surface area contributed by atoms with Crippen LogP contribution < -0.4 is 10.1 Å². The number of hydrogen-bond acceptors (Lipinski definition) is 5. The molecule has 1 unspecified atom stereocenters. The Morgan fingerprint density at radius 2 is 1.84 bits per heavy atom. The normalized spacial score (nSPS) is 13.1. The van der Waals surface area contributed by atoms with E-state index in [-0.39, 0.29) is 12.5 Å². The van der Waals surface area contributed by atoms with E-state index in [1.54, 1.807) is 24.9 Å². The average molecular weight is 423 g/mol. The van der Waals surface area contributed by atoms with Crippen molar-refractivity contribution in [3.63, 3.8) is 0 Å². The topological polar surface area (TPSA) is 79.6 Å². The zero-order chi connectivity index (χ0) is 22.4. The van der Waals surface area contributed by atoms with E-state index in [0.29, 0.717) is 23.4 Å². The van der Waals surface area contributed by atoms with Crippen molar-refractivity contribution in [2.75, 3.05) is 34.3 Å². The number of rotatable bonds is 9. The molecule has 0 radical (unpaired) electrons. The van der Waals surface area contributed by atoms with E-state index in [9.17, 15) is 9.90 Å². The lowest BCUT2D eigenvalue weighted by Crippen LogP contribution is -2.42. The van der Waals surface area contributed by atoms with Crippen LogP contribution in [0.5, 0.6) is 5.75 Å². The van der Waals surface area contributed by atoms with Gasteiger partial charge in [0.15, 0.2) is 0 Å². The second-order valence-corrected chi connectivity index (χ2v) is 8.10. The van der Waals surface area contributed by atoms with Crippen molar-refractivity contribution in [2.45, 2.75) is 18.9 Å². The van der Waals surface area contributed by atoms with Crippen LogP contribution in [0.4, 0.5) is 0 Å². The largest absolute Gasteiger partial charge is 0.496 e. The number of aromatic nitrogens is 2. The van der Waals surface area contributed by atoms with E-state index in [1.165, 1.54) is 0 Å². The monoisotopic (exact) mass is 422 g/mol. The molecule has 7 heteroatoms. The first-order valence-corrected chi connectivity index (χ1v) is 10.2. The lowest BCUT2D eigenvalue weighted by atomic mass is 10.0. The molecule has 0 fully saturated rings. The highest BCUT2D eigenvalue weighted by molar-refractivity contribution is 6.00. The quantitative estimate of drug-likeness (QED) is 0.554. The van der Waals surface area contributed by atoms with Crippen molar-refractivity contribution in [1.82, 2.24) is 20.0 Å². The molecule has 3 aromatic rings. The lowest BCUT2D eigenvalue weighted by Gasteiger charge is -2.25. The standard InChI is InChI=1S/C24H30N4O3/c1-24(30,14-15-27(2)3)17-25-23(29)20-16-28(18-10-6-5-7-11-18)26-22(20)19-12-8-9-13-21(19)31-4/h5-13,16,30H,14-15,17H2,1-4H3,(H,25,29). The number of hydrogen-bond donors (Lipinski definition) is 2. The van der Waals surface area contributed by atoms with Gasteiger partial charge in [0, 0.05) is 24.8 Å². The summed E-state index contributed by atoms with van der Waals surface area (Å²) >= 11 is 0. The molecule has 0 aliphatic heterocycles. The Balaban J connectivity index is 1.92. The Morgan fingerprint density at radius 1 is 1.16 bits per heavy atom. The molecule has 1 aromatic heterocycles. The number of carbonyl (C=O) groups is 1. The Morgan fingerprint density at radius 3 is 2.52 bits per heavy atom. The number of methoxy groups -OCH3 is 1. The smallest absolute Gasteiger partial charge is 0.255 e. The number of benzene rings is 2. The van der Waals surface area contributed by atoms with E-state index >= 15 is 0 Å².